The molecule has 1 aliphatic carbocycles. The van der Waals surface area contributed by atoms with Gasteiger partial charge in [0.05, 0.1) is 22.9 Å². The Morgan fingerprint density at radius 3 is 2.83 bits per heavy atom. The first-order valence-corrected chi connectivity index (χ1v) is 10.4. The Morgan fingerprint density at radius 2 is 2.07 bits per heavy atom. The van der Waals surface area contributed by atoms with E-state index in [0.717, 1.165) is 65.9 Å². The maximum Gasteiger partial charge on any atom is 0.226 e. The fraction of sp³-hybridized carbons (Fsp3) is 0.429. The summed E-state index contributed by atoms with van der Waals surface area (Å²) < 4.78 is 1.74. The molecule has 4 aromatic rings. The molecule has 4 N–H and O–H groups in total. The molecular weight excluding hydrogens is 380 g/mol. The zero-order valence-electron chi connectivity index (χ0n) is 17.2. The van der Waals surface area contributed by atoms with Crippen molar-refractivity contribution < 1.29 is 5.11 Å². The second-order valence-corrected chi connectivity index (χ2v) is 8.02. The van der Waals surface area contributed by atoms with Crippen molar-refractivity contribution in [2.24, 2.45) is 0 Å². The van der Waals surface area contributed by atoms with Gasteiger partial charge in [-0.05, 0) is 38.2 Å². The average Bonchev–Trinajstić information content (AvgIpc) is 3.41. The normalized spacial score (nSPS) is 21.9. The van der Waals surface area contributed by atoms with Gasteiger partial charge in [-0.1, -0.05) is 6.92 Å². The van der Waals surface area contributed by atoms with Crippen LogP contribution in [-0.4, -0.2) is 53.3 Å². The third kappa shape index (κ3) is 3.24. The van der Waals surface area contributed by atoms with Gasteiger partial charge in [0.25, 0.3) is 0 Å². The van der Waals surface area contributed by atoms with Gasteiger partial charge in [-0.2, -0.15) is 15.1 Å². The third-order valence-corrected chi connectivity index (χ3v) is 6.21. The summed E-state index contributed by atoms with van der Waals surface area (Å²) >= 11 is 0. The molecular formula is C21H26N8O. The Bertz CT molecular complexity index is 1190. The lowest BCUT2D eigenvalue weighted by Crippen LogP contribution is -2.38. The van der Waals surface area contributed by atoms with E-state index in [1.165, 1.54) is 0 Å². The zero-order valence-corrected chi connectivity index (χ0v) is 17.2. The van der Waals surface area contributed by atoms with E-state index in [2.05, 4.69) is 20.7 Å². The summed E-state index contributed by atoms with van der Waals surface area (Å²) in [4.78, 5) is 17.4. The fourth-order valence-corrected chi connectivity index (χ4v) is 4.28. The second kappa shape index (κ2) is 7.24. The highest BCUT2D eigenvalue weighted by Gasteiger charge is 2.31. The maximum absolute atomic E-state index is 10.5. The van der Waals surface area contributed by atoms with Gasteiger partial charge in [0.2, 0.25) is 5.95 Å². The van der Waals surface area contributed by atoms with Crippen LogP contribution in [0.2, 0.25) is 0 Å². The summed E-state index contributed by atoms with van der Waals surface area (Å²) in [5, 5.41) is 22.2. The summed E-state index contributed by atoms with van der Waals surface area (Å²) in [6, 6.07) is 4.07. The minimum absolute atomic E-state index is 0.263. The van der Waals surface area contributed by atoms with Crippen LogP contribution in [0.5, 0.6) is 0 Å². The van der Waals surface area contributed by atoms with Crippen molar-refractivity contribution in [3.8, 4) is 11.3 Å². The van der Waals surface area contributed by atoms with Crippen LogP contribution < -0.4 is 10.6 Å². The topological polar surface area (TPSA) is 116 Å². The van der Waals surface area contributed by atoms with Gasteiger partial charge in [0.15, 0.2) is 5.65 Å². The third-order valence-electron chi connectivity index (χ3n) is 6.21. The Balaban J connectivity index is 1.46. The zero-order chi connectivity index (χ0) is 20.7. The van der Waals surface area contributed by atoms with E-state index in [4.69, 9.17) is 15.0 Å². The maximum atomic E-state index is 10.5. The van der Waals surface area contributed by atoms with Gasteiger partial charge in [-0.15, -0.1) is 0 Å². The van der Waals surface area contributed by atoms with Crippen molar-refractivity contribution in [1.82, 2.24) is 29.5 Å². The number of hydrogen-bond donors (Lipinski definition) is 4. The van der Waals surface area contributed by atoms with E-state index in [-0.39, 0.29) is 6.04 Å². The molecule has 0 aromatic carbocycles. The number of aliphatic hydroxyl groups is 1. The smallest absolute Gasteiger partial charge is 0.226 e. The quantitative estimate of drug-likeness (QED) is 0.402. The molecule has 1 saturated carbocycles. The van der Waals surface area contributed by atoms with Crippen molar-refractivity contribution in [2.75, 3.05) is 17.7 Å². The van der Waals surface area contributed by atoms with Gasteiger partial charge in [-0.25, -0.2) is 9.50 Å². The minimum atomic E-state index is -0.517. The molecule has 0 saturated heterocycles. The van der Waals surface area contributed by atoms with E-state index in [9.17, 15) is 5.11 Å². The van der Waals surface area contributed by atoms with Crippen molar-refractivity contribution in [2.45, 2.75) is 50.7 Å². The Hall–Kier alpha value is -3.20. The van der Waals surface area contributed by atoms with E-state index in [1.54, 1.807) is 10.7 Å². The van der Waals surface area contributed by atoms with Crippen LogP contribution in [0, 0.1) is 0 Å². The first-order valence-electron chi connectivity index (χ1n) is 10.4. The molecule has 156 valence electrons. The predicted molar refractivity (Wildman–Crippen MR) is 117 cm³/mol. The van der Waals surface area contributed by atoms with Crippen LogP contribution in [0.3, 0.4) is 0 Å². The highest BCUT2D eigenvalue weighted by atomic mass is 16.3. The van der Waals surface area contributed by atoms with Crippen LogP contribution in [-0.2, 0) is 0 Å². The van der Waals surface area contributed by atoms with Crippen LogP contribution in [0.15, 0.2) is 30.7 Å². The summed E-state index contributed by atoms with van der Waals surface area (Å²) in [6.45, 7) is 2.05. The number of aromatic amines is 1. The molecule has 0 amide bonds. The summed E-state index contributed by atoms with van der Waals surface area (Å²) in [5.74, 6) is 1.33. The van der Waals surface area contributed by atoms with E-state index >= 15 is 0 Å². The lowest BCUT2D eigenvalue weighted by molar-refractivity contribution is -0.00197. The lowest BCUT2D eigenvalue weighted by Gasteiger charge is -2.35. The molecule has 4 aromatic heterocycles. The van der Waals surface area contributed by atoms with Crippen molar-refractivity contribution in [3.05, 3.63) is 30.7 Å². The van der Waals surface area contributed by atoms with Crippen LogP contribution in [0.25, 0.3) is 27.9 Å². The molecule has 5 rings (SSSR count). The summed E-state index contributed by atoms with van der Waals surface area (Å²) in [6.07, 6.45) is 9.77. The molecule has 0 radical (unpaired) electrons. The molecule has 0 atom stereocenters. The van der Waals surface area contributed by atoms with Gasteiger partial charge < -0.3 is 20.7 Å². The largest absolute Gasteiger partial charge is 0.390 e. The molecule has 1 fully saturated rings. The highest BCUT2D eigenvalue weighted by Crippen LogP contribution is 2.34. The predicted octanol–water partition coefficient (Wildman–Crippen LogP) is 3.20. The fourth-order valence-electron chi connectivity index (χ4n) is 4.28. The van der Waals surface area contributed by atoms with Gasteiger partial charge in [-0.3, -0.25) is 0 Å². The number of fused-ring (bicyclic) bond motifs is 2. The van der Waals surface area contributed by atoms with Crippen molar-refractivity contribution in [3.63, 3.8) is 0 Å². The average molecular weight is 406 g/mol. The first kappa shape index (κ1) is 18.8. The standard InChI is InChI=1S/C21H26N8O/c1-3-21(30)8-4-13(5-9-21)25-20-27-18(22-2)17-14(12-23-19(17)28-20)15-7-11-29-16(26-15)6-10-24-29/h6-7,10-13,30H,3-5,8-9H2,1-2H3,(H3,22,23,25,27,28). The Kier molecular flexibility index (Phi) is 4.54. The van der Waals surface area contributed by atoms with Gasteiger partial charge in [0.1, 0.15) is 11.5 Å². The van der Waals surface area contributed by atoms with Gasteiger partial charge in [0, 0.05) is 37.1 Å². The number of nitrogens with one attached hydrogen (secondary N) is 3. The number of nitrogens with zero attached hydrogens (tertiary/aromatic N) is 5. The molecule has 4 heterocycles. The van der Waals surface area contributed by atoms with E-state index < -0.39 is 5.60 Å². The Morgan fingerprint density at radius 1 is 1.23 bits per heavy atom. The molecule has 1 aliphatic rings. The number of rotatable bonds is 5. The molecule has 0 aliphatic heterocycles. The molecule has 0 unspecified atom stereocenters. The molecule has 9 heteroatoms. The highest BCUT2D eigenvalue weighted by molar-refractivity contribution is 6.00. The number of aromatic nitrogens is 6. The lowest BCUT2D eigenvalue weighted by atomic mass is 9.80. The molecule has 30 heavy (non-hydrogen) atoms. The monoisotopic (exact) mass is 406 g/mol. The molecule has 9 nitrogen and oxygen atoms in total. The molecule has 0 bridgehead atoms. The summed E-state index contributed by atoms with van der Waals surface area (Å²) in [5.41, 5.74) is 2.80. The Labute approximate surface area is 174 Å². The van der Waals surface area contributed by atoms with Crippen LogP contribution in [0.1, 0.15) is 39.0 Å². The summed E-state index contributed by atoms with van der Waals surface area (Å²) in [7, 11) is 1.86. The SMILES string of the molecule is CCC1(O)CCC(Nc2nc(NC)c3c(-c4ccn5nccc5n4)c[nH]c3n2)CC1. The van der Waals surface area contributed by atoms with Gasteiger partial charge >= 0.3 is 0 Å². The number of H-pyrrole nitrogens is 1. The van der Waals surface area contributed by atoms with Crippen molar-refractivity contribution in [1.29, 1.82) is 0 Å². The first-order chi connectivity index (χ1) is 14.6. The number of anilines is 2. The number of hydrogen-bond acceptors (Lipinski definition) is 7. The van der Waals surface area contributed by atoms with E-state index in [0.29, 0.717) is 5.95 Å². The van der Waals surface area contributed by atoms with E-state index in [1.807, 2.05) is 38.5 Å². The second-order valence-electron chi connectivity index (χ2n) is 8.02. The minimum Gasteiger partial charge on any atom is -0.390 e. The van der Waals surface area contributed by atoms with Crippen LogP contribution >= 0.6 is 0 Å². The van der Waals surface area contributed by atoms with Crippen LogP contribution in [0.4, 0.5) is 11.8 Å². The van der Waals surface area contributed by atoms with Crippen molar-refractivity contribution >= 4 is 28.4 Å². The molecule has 0 spiro atoms.